The van der Waals surface area contributed by atoms with Crippen LogP contribution >= 0.6 is 0 Å². The van der Waals surface area contributed by atoms with Crippen LogP contribution in [0.1, 0.15) is 38.0 Å². The molecular weight excluding hydrogens is 288 g/mol. The summed E-state index contributed by atoms with van der Waals surface area (Å²) in [6, 6.07) is 7.71. The van der Waals surface area contributed by atoms with Crippen LogP contribution in [-0.4, -0.2) is 36.5 Å². The van der Waals surface area contributed by atoms with Crippen LogP contribution in [0.25, 0.3) is 11.1 Å². The van der Waals surface area contributed by atoms with Crippen molar-refractivity contribution in [3.63, 3.8) is 0 Å². The van der Waals surface area contributed by atoms with Gasteiger partial charge in [-0.25, -0.2) is 17.7 Å². The van der Waals surface area contributed by atoms with Gasteiger partial charge in [0.05, 0.1) is 5.75 Å². The van der Waals surface area contributed by atoms with E-state index in [9.17, 15) is 8.42 Å². The highest BCUT2D eigenvalue weighted by atomic mass is 32.2. The highest BCUT2D eigenvalue weighted by Crippen LogP contribution is 2.30. The molecule has 1 aliphatic rings. The fourth-order valence-electron chi connectivity index (χ4n) is 2.83. The molecule has 0 unspecified atom stereocenters. The average Bonchev–Trinajstić information content (AvgIpc) is 2.91. The summed E-state index contributed by atoms with van der Waals surface area (Å²) < 4.78 is 31.5. The fourth-order valence-corrected chi connectivity index (χ4v) is 4.37. The summed E-state index contributed by atoms with van der Waals surface area (Å²) >= 11 is 0. The van der Waals surface area contributed by atoms with Gasteiger partial charge in [-0.15, -0.1) is 0 Å². The maximum atomic E-state index is 12.1. The van der Waals surface area contributed by atoms with Crippen molar-refractivity contribution in [2.45, 2.75) is 32.1 Å². The van der Waals surface area contributed by atoms with Gasteiger partial charge in [0.1, 0.15) is 5.52 Å². The van der Waals surface area contributed by atoms with Crippen molar-refractivity contribution in [3.05, 3.63) is 30.2 Å². The predicted molar refractivity (Wildman–Crippen MR) is 81.6 cm³/mol. The molecule has 1 aliphatic heterocycles. The maximum Gasteiger partial charge on any atom is 0.214 e. The van der Waals surface area contributed by atoms with E-state index in [2.05, 4.69) is 4.98 Å². The zero-order valence-corrected chi connectivity index (χ0v) is 13.0. The van der Waals surface area contributed by atoms with Crippen molar-refractivity contribution >= 4 is 21.1 Å². The van der Waals surface area contributed by atoms with E-state index in [1.54, 1.807) is 4.31 Å². The van der Waals surface area contributed by atoms with Crippen LogP contribution in [0.15, 0.2) is 28.7 Å². The van der Waals surface area contributed by atoms with Crippen LogP contribution in [0, 0.1) is 0 Å². The summed E-state index contributed by atoms with van der Waals surface area (Å²) in [5.41, 5.74) is 1.67. The summed E-state index contributed by atoms with van der Waals surface area (Å²) in [7, 11) is -3.08. The van der Waals surface area contributed by atoms with Crippen LogP contribution in [0.3, 0.4) is 0 Å². The van der Waals surface area contributed by atoms with Crippen molar-refractivity contribution in [3.8, 4) is 0 Å². The minimum Gasteiger partial charge on any atom is -0.440 e. The molecule has 6 heteroatoms. The number of rotatable bonds is 4. The van der Waals surface area contributed by atoms with Gasteiger partial charge in [0.2, 0.25) is 10.0 Å². The molecule has 3 rings (SSSR count). The Morgan fingerprint density at radius 2 is 2.00 bits per heavy atom. The van der Waals surface area contributed by atoms with Gasteiger partial charge in [-0.1, -0.05) is 19.1 Å². The Bertz CT molecular complexity index is 682. The first-order chi connectivity index (χ1) is 10.1. The summed E-state index contributed by atoms with van der Waals surface area (Å²) in [5.74, 6) is 1.19. The Morgan fingerprint density at radius 1 is 1.29 bits per heavy atom. The molecule has 21 heavy (non-hydrogen) atoms. The topological polar surface area (TPSA) is 63.4 Å². The lowest BCUT2D eigenvalue weighted by atomic mass is 9.98. The Hall–Kier alpha value is -1.40. The van der Waals surface area contributed by atoms with Crippen LogP contribution in [-0.2, 0) is 10.0 Å². The minimum absolute atomic E-state index is 0.213. The van der Waals surface area contributed by atoms with E-state index in [0.29, 0.717) is 19.5 Å². The Morgan fingerprint density at radius 3 is 2.67 bits per heavy atom. The molecule has 0 spiro atoms. The number of hydrogen-bond acceptors (Lipinski definition) is 4. The van der Waals surface area contributed by atoms with Crippen molar-refractivity contribution in [1.82, 2.24) is 9.29 Å². The van der Waals surface area contributed by atoms with Crippen molar-refractivity contribution in [1.29, 1.82) is 0 Å². The number of piperidine rings is 1. The van der Waals surface area contributed by atoms with E-state index in [-0.39, 0.29) is 11.7 Å². The third kappa shape index (κ3) is 2.96. The highest BCUT2D eigenvalue weighted by molar-refractivity contribution is 7.89. The lowest BCUT2D eigenvalue weighted by Gasteiger charge is -2.29. The Labute approximate surface area is 125 Å². The molecule has 0 amide bonds. The third-order valence-electron chi connectivity index (χ3n) is 3.97. The summed E-state index contributed by atoms with van der Waals surface area (Å²) in [6.45, 7) is 3.01. The fraction of sp³-hybridized carbons (Fsp3) is 0.533. The zero-order valence-electron chi connectivity index (χ0n) is 12.2. The van der Waals surface area contributed by atoms with E-state index in [1.807, 2.05) is 31.2 Å². The van der Waals surface area contributed by atoms with Crippen molar-refractivity contribution in [2.75, 3.05) is 18.8 Å². The van der Waals surface area contributed by atoms with E-state index in [0.717, 1.165) is 29.8 Å². The SMILES string of the molecule is CCCS(=O)(=O)N1CCC(c2nc3ccccc3o2)CC1. The molecule has 0 radical (unpaired) electrons. The molecule has 1 aromatic carbocycles. The monoisotopic (exact) mass is 308 g/mol. The maximum absolute atomic E-state index is 12.1. The molecule has 0 bridgehead atoms. The summed E-state index contributed by atoms with van der Waals surface area (Å²) in [5, 5.41) is 0. The molecule has 5 nitrogen and oxygen atoms in total. The second-order valence-corrected chi connectivity index (χ2v) is 7.60. The second kappa shape index (κ2) is 5.77. The number of para-hydroxylation sites is 2. The molecule has 2 heterocycles. The molecule has 0 saturated carbocycles. The number of aromatic nitrogens is 1. The lowest BCUT2D eigenvalue weighted by molar-refractivity contribution is 0.293. The van der Waals surface area contributed by atoms with Crippen LogP contribution in [0.2, 0.25) is 0 Å². The van der Waals surface area contributed by atoms with E-state index >= 15 is 0 Å². The smallest absolute Gasteiger partial charge is 0.214 e. The first-order valence-electron chi connectivity index (χ1n) is 7.43. The Balaban J connectivity index is 1.71. The quantitative estimate of drug-likeness (QED) is 0.871. The van der Waals surface area contributed by atoms with Gasteiger partial charge < -0.3 is 4.42 Å². The van der Waals surface area contributed by atoms with Crippen LogP contribution in [0.4, 0.5) is 0 Å². The number of sulfonamides is 1. The van der Waals surface area contributed by atoms with Gasteiger partial charge in [0.15, 0.2) is 11.5 Å². The molecule has 1 aromatic heterocycles. The highest BCUT2D eigenvalue weighted by Gasteiger charge is 2.30. The van der Waals surface area contributed by atoms with Gasteiger partial charge in [-0.05, 0) is 31.4 Å². The molecule has 2 aromatic rings. The number of fused-ring (bicyclic) bond motifs is 1. The predicted octanol–water partition coefficient (Wildman–Crippen LogP) is 2.75. The van der Waals surface area contributed by atoms with Gasteiger partial charge >= 0.3 is 0 Å². The van der Waals surface area contributed by atoms with Gasteiger partial charge in [0, 0.05) is 19.0 Å². The van der Waals surface area contributed by atoms with Gasteiger partial charge in [0.25, 0.3) is 0 Å². The number of benzene rings is 1. The molecule has 1 fully saturated rings. The first kappa shape index (κ1) is 14.5. The van der Waals surface area contributed by atoms with Crippen LogP contribution in [0.5, 0.6) is 0 Å². The second-order valence-electron chi connectivity index (χ2n) is 5.51. The third-order valence-corrected chi connectivity index (χ3v) is 6.05. The molecule has 0 atom stereocenters. The normalized spacial score (nSPS) is 18.3. The van der Waals surface area contributed by atoms with Crippen LogP contribution < -0.4 is 0 Å². The van der Waals surface area contributed by atoms with Gasteiger partial charge in [-0.3, -0.25) is 0 Å². The largest absolute Gasteiger partial charge is 0.440 e. The molecule has 0 aliphatic carbocycles. The van der Waals surface area contributed by atoms with E-state index < -0.39 is 10.0 Å². The van der Waals surface area contributed by atoms with E-state index in [1.165, 1.54) is 0 Å². The number of hydrogen-bond donors (Lipinski definition) is 0. The zero-order chi connectivity index (χ0) is 14.9. The summed E-state index contributed by atoms with van der Waals surface area (Å²) in [6.07, 6.45) is 2.21. The molecule has 1 saturated heterocycles. The number of nitrogens with zero attached hydrogens (tertiary/aromatic N) is 2. The molecular formula is C15H20N2O3S. The van der Waals surface area contributed by atoms with E-state index in [4.69, 9.17) is 4.42 Å². The minimum atomic E-state index is -3.08. The Kier molecular flexibility index (Phi) is 3.99. The average molecular weight is 308 g/mol. The van der Waals surface area contributed by atoms with Gasteiger partial charge in [-0.2, -0.15) is 0 Å². The summed E-state index contributed by atoms with van der Waals surface area (Å²) in [4.78, 5) is 4.53. The lowest BCUT2D eigenvalue weighted by Crippen LogP contribution is -2.39. The molecule has 0 N–H and O–H groups in total. The van der Waals surface area contributed by atoms with Crippen molar-refractivity contribution < 1.29 is 12.8 Å². The van der Waals surface area contributed by atoms with Crippen molar-refractivity contribution in [2.24, 2.45) is 0 Å². The number of oxazole rings is 1. The molecule has 114 valence electrons. The standard InChI is InChI=1S/C15H20N2O3S/c1-2-11-21(18,19)17-9-7-12(8-10-17)15-16-13-5-3-4-6-14(13)20-15/h3-6,12H,2,7-11H2,1H3. The first-order valence-corrected chi connectivity index (χ1v) is 9.04.